The van der Waals surface area contributed by atoms with Gasteiger partial charge in [-0.05, 0) is 25.3 Å². The van der Waals surface area contributed by atoms with Crippen molar-refractivity contribution in [3.63, 3.8) is 0 Å². The summed E-state index contributed by atoms with van der Waals surface area (Å²) in [5, 5.41) is 3.23. The summed E-state index contributed by atoms with van der Waals surface area (Å²) in [6.07, 6.45) is 7.24. The van der Waals surface area contributed by atoms with Crippen LogP contribution in [0, 0.1) is 18.3 Å². The molecule has 0 spiro atoms. The van der Waals surface area contributed by atoms with E-state index in [9.17, 15) is 4.79 Å². The van der Waals surface area contributed by atoms with Gasteiger partial charge in [0, 0.05) is 7.05 Å². The molecule has 1 aliphatic heterocycles. The lowest BCUT2D eigenvalue weighted by Gasteiger charge is -2.29. The highest BCUT2D eigenvalue weighted by Gasteiger charge is 2.26. The van der Waals surface area contributed by atoms with Crippen LogP contribution in [0.15, 0.2) is 0 Å². The predicted octanol–water partition coefficient (Wildman–Crippen LogP) is 0.466. The van der Waals surface area contributed by atoms with Crippen LogP contribution in [0.5, 0.6) is 0 Å². The summed E-state index contributed by atoms with van der Waals surface area (Å²) < 4.78 is 0. The second kappa shape index (κ2) is 5.02. The van der Waals surface area contributed by atoms with Gasteiger partial charge in [-0.15, -0.1) is 6.42 Å². The molecule has 1 aliphatic rings. The fraction of sp³-hybridized carbons (Fsp3) is 0.727. The number of terminal acetylenes is 1. The Morgan fingerprint density at radius 3 is 3.00 bits per heavy atom. The fourth-order valence-electron chi connectivity index (χ4n) is 1.78. The second-order valence-corrected chi connectivity index (χ2v) is 4.03. The third-order valence-corrected chi connectivity index (χ3v) is 2.67. The van der Waals surface area contributed by atoms with Crippen LogP contribution in [0.2, 0.25) is 0 Å². The number of carbonyl (C=O) groups excluding carboxylic acids is 1. The van der Waals surface area contributed by atoms with E-state index in [2.05, 4.69) is 18.2 Å². The molecule has 2 unspecified atom stereocenters. The van der Waals surface area contributed by atoms with E-state index in [4.69, 9.17) is 6.42 Å². The second-order valence-electron chi connectivity index (χ2n) is 4.03. The van der Waals surface area contributed by atoms with Crippen LogP contribution in [0.25, 0.3) is 0 Å². The minimum atomic E-state index is -0.0305. The number of likely N-dealkylation sites (N-methyl/N-ethyl adjacent to an activating group) is 1. The number of amides is 1. The van der Waals surface area contributed by atoms with E-state index in [0.717, 1.165) is 19.4 Å². The first-order valence-corrected chi connectivity index (χ1v) is 5.07. The van der Waals surface area contributed by atoms with Crippen molar-refractivity contribution in [3.05, 3.63) is 0 Å². The van der Waals surface area contributed by atoms with Crippen molar-refractivity contribution in [1.29, 1.82) is 0 Å². The smallest absolute Gasteiger partial charge is 0.240 e. The van der Waals surface area contributed by atoms with Gasteiger partial charge < -0.3 is 10.2 Å². The number of nitrogens with zero attached hydrogens (tertiary/aromatic N) is 1. The van der Waals surface area contributed by atoms with Crippen molar-refractivity contribution in [2.75, 3.05) is 20.1 Å². The summed E-state index contributed by atoms with van der Waals surface area (Å²) in [6.45, 7) is 3.51. The molecule has 0 aromatic heterocycles. The monoisotopic (exact) mass is 194 g/mol. The normalized spacial score (nSPS) is 26.6. The minimum Gasteiger partial charge on any atom is -0.333 e. The Balaban J connectivity index is 2.47. The lowest BCUT2D eigenvalue weighted by Crippen LogP contribution is -2.49. The first-order valence-electron chi connectivity index (χ1n) is 5.07. The Labute approximate surface area is 85.9 Å². The van der Waals surface area contributed by atoms with Crippen molar-refractivity contribution in [3.8, 4) is 12.3 Å². The van der Waals surface area contributed by atoms with Crippen molar-refractivity contribution in [2.24, 2.45) is 5.92 Å². The number of hydrogen-bond donors (Lipinski definition) is 1. The van der Waals surface area contributed by atoms with Gasteiger partial charge in [-0.25, -0.2) is 0 Å². The Morgan fingerprint density at radius 2 is 2.43 bits per heavy atom. The molecule has 1 N–H and O–H groups in total. The lowest BCUT2D eigenvalue weighted by molar-refractivity contribution is -0.132. The largest absolute Gasteiger partial charge is 0.333 e. The quantitative estimate of drug-likeness (QED) is 0.648. The number of nitrogens with one attached hydrogen (secondary N) is 1. The van der Waals surface area contributed by atoms with Gasteiger partial charge in [-0.1, -0.05) is 12.8 Å². The zero-order valence-corrected chi connectivity index (χ0v) is 8.92. The van der Waals surface area contributed by atoms with E-state index in [0.29, 0.717) is 12.5 Å². The van der Waals surface area contributed by atoms with E-state index >= 15 is 0 Å². The molecular weight excluding hydrogens is 176 g/mol. The molecule has 0 saturated carbocycles. The molecule has 0 aromatic rings. The third-order valence-electron chi connectivity index (χ3n) is 2.67. The maximum atomic E-state index is 11.8. The highest BCUT2D eigenvalue weighted by molar-refractivity contribution is 5.82. The highest BCUT2D eigenvalue weighted by atomic mass is 16.2. The topological polar surface area (TPSA) is 32.3 Å². The summed E-state index contributed by atoms with van der Waals surface area (Å²) in [4.78, 5) is 13.4. The first kappa shape index (κ1) is 11.1. The van der Waals surface area contributed by atoms with Gasteiger partial charge in [0.2, 0.25) is 5.91 Å². The van der Waals surface area contributed by atoms with Crippen LogP contribution in [0.3, 0.4) is 0 Å². The molecule has 3 nitrogen and oxygen atoms in total. The highest BCUT2D eigenvalue weighted by Crippen LogP contribution is 2.16. The van der Waals surface area contributed by atoms with Crippen LogP contribution in [-0.4, -0.2) is 37.0 Å². The maximum Gasteiger partial charge on any atom is 0.240 e. The molecule has 14 heavy (non-hydrogen) atoms. The van der Waals surface area contributed by atoms with Gasteiger partial charge in [-0.3, -0.25) is 4.79 Å². The van der Waals surface area contributed by atoms with Crippen LogP contribution in [0.1, 0.15) is 19.8 Å². The number of hydrogen-bond acceptors (Lipinski definition) is 2. The van der Waals surface area contributed by atoms with Crippen molar-refractivity contribution < 1.29 is 4.79 Å². The molecule has 2 atom stereocenters. The SMILES string of the molecule is C#CCN(C)C(=O)C1CC(C)CCN1. The molecule has 1 rings (SSSR count). The number of rotatable bonds is 2. The Hall–Kier alpha value is -1.01. The van der Waals surface area contributed by atoms with Gasteiger partial charge in [0.1, 0.15) is 0 Å². The number of piperidine rings is 1. The molecule has 1 amide bonds. The van der Waals surface area contributed by atoms with Crippen LogP contribution in [0.4, 0.5) is 0 Å². The summed E-state index contributed by atoms with van der Waals surface area (Å²) >= 11 is 0. The fourth-order valence-corrected chi connectivity index (χ4v) is 1.78. The first-order chi connectivity index (χ1) is 6.65. The van der Waals surface area contributed by atoms with Crippen LogP contribution >= 0.6 is 0 Å². The van der Waals surface area contributed by atoms with E-state index in [-0.39, 0.29) is 11.9 Å². The summed E-state index contributed by atoms with van der Waals surface area (Å²) in [6, 6.07) is -0.0305. The average molecular weight is 194 g/mol. The molecule has 1 fully saturated rings. The molecule has 0 radical (unpaired) electrons. The van der Waals surface area contributed by atoms with Gasteiger partial charge in [-0.2, -0.15) is 0 Å². The molecule has 3 heteroatoms. The maximum absolute atomic E-state index is 11.8. The molecule has 0 aromatic carbocycles. The molecule has 78 valence electrons. The standard InChI is InChI=1S/C11H18N2O/c1-4-7-13(3)11(14)10-8-9(2)5-6-12-10/h1,9-10,12H,5-8H2,2-3H3. The van der Waals surface area contributed by atoms with E-state index in [1.54, 1.807) is 11.9 Å². The molecular formula is C11H18N2O. The molecule has 1 heterocycles. The van der Waals surface area contributed by atoms with Gasteiger partial charge in [0.15, 0.2) is 0 Å². The minimum absolute atomic E-state index is 0.0305. The van der Waals surface area contributed by atoms with Gasteiger partial charge in [0.25, 0.3) is 0 Å². The van der Waals surface area contributed by atoms with Gasteiger partial charge in [0.05, 0.1) is 12.6 Å². The summed E-state index contributed by atoms with van der Waals surface area (Å²) in [7, 11) is 1.75. The van der Waals surface area contributed by atoms with Gasteiger partial charge >= 0.3 is 0 Å². The molecule has 1 saturated heterocycles. The predicted molar refractivity (Wildman–Crippen MR) is 56.7 cm³/mol. The Bertz CT molecular complexity index is 244. The average Bonchev–Trinajstić information content (AvgIpc) is 2.17. The Kier molecular flexibility index (Phi) is 3.97. The van der Waals surface area contributed by atoms with E-state index in [1.165, 1.54) is 0 Å². The molecule has 0 aliphatic carbocycles. The number of carbonyl (C=O) groups is 1. The van der Waals surface area contributed by atoms with Crippen LogP contribution < -0.4 is 5.32 Å². The third kappa shape index (κ3) is 2.74. The van der Waals surface area contributed by atoms with Crippen molar-refractivity contribution in [1.82, 2.24) is 10.2 Å². The van der Waals surface area contributed by atoms with Crippen LogP contribution in [-0.2, 0) is 4.79 Å². The summed E-state index contributed by atoms with van der Waals surface area (Å²) in [5.74, 6) is 3.23. The van der Waals surface area contributed by atoms with Crippen molar-refractivity contribution in [2.45, 2.75) is 25.8 Å². The zero-order chi connectivity index (χ0) is 10.6. The van der Waals surface area contributed by atoms with E-state index in [1.807, 2.05) is 0 Å². The molecule has 0 bridgehead atoms. The van der Waals surface area contributed by atoms with Crippen molar-refractivity contribution >= 4 is 5.91 Å². The Morgan fingerprint density at radius 1 is 1.71 bits per heavy atom. The van der Waals surface area contributed by atoms with E-state index < -0.39 is 0 Å². The zero-order valence-electron chi connectivity index (χ0n) is 8.92. The lowest BCUT2D eigenvalue weighted by atomic mass is 9.94. The summed E-state index contributed by atoms with van der Waals surface area (Å²) in [5.41, 5.74) is 0.